The quantitative estimate of drug-likeness (QED) is 0.429. The maximum Gasteiger partial charge on any atom is 0.345 e. The van der Waals surface area contributed by atoms with Crippen molar-refractivity contribution in [1.82, 2.24) is 4.31 Å². The van der Waals surface area contributed by atoms with E-state index in [0.717, 1.165) is 31.4 Å². The van der Waals surface area contributed by atoms with E-state index < -0.39 is 32.3 Å². The molecule has 1 aliphatic heterocycles. The lowest BCUT2D eigenvalue weighted by Gasteiger charge is -2.39. The third-order valence-corrected chi connectivity index (χ3v) is 11.2. The lowest BCUT2D eigenvalue weighted by atomic mass is 9.77. The number of sulfonamides is 1. The van der Waals surface area contributed by atoms with Gasteiger partial charge in [0, 0.05) is 13.1 Å². The molecule has 2 aromatic carbocycles. The number of rotatable bonds is 9. The highest BCUT2D eigenvalue weighted by atomic mass is 32.2. The van der Waals surface area contributed by atoms with Gasteiger partial charge >= 0.3 is 6.61 Å². The third-order valence-electron chi connectivity index (χ3n) is 7.41. The minimum absolute atomic E-state index is 0.00944. The van der Waals surface area contributed by atoms with E-state index in [-0.39, 0.29) is 39.9 Å². The van der Waals surface area contributed by atoms with Crippen LogP contribution >= 0.6 is 0 Å². The summed E-state index contributed by atoms with van der Waals surface area (Å²) >= 11 is 0. The van der Waals surface area contributed by atoms with Crippen LogP contribution in [-0.4, -0.2) is 53.2 Å². The van der Waals surface area contributed by atoms with Gasteiger partial charge < -0.3 is 4.74 Å². The lowest BCUT2D eigenvalue weighted by Crippen LogP contribution is -2.42. The summed E-state index contributed by atoms with van der Waals surface area (Å²) in [5.74, 6) is -0.479. The van der Waals surface area contributed by atoms with Gasteiger partial charge in [-0.25, -0.2) is 21.2 Å². The van der Waals surface area contributed by atoms with Crippen LogP contribution in [0, 0.1) is 17.2 Å². The largest absolute Gasteiger partial charge is 0.345 e. The average molecular weight is 546 g/mol. The van der Waals surface area contributed by atoms with E-state index in [1.807, 2.05) is 0 Å². The molecule has 1 saturated carbocycles. The Labute approximate surface area is 210 Å². The molecule has 1 unspecified atom stereocenters. The molecule has 4 rings (SSSR count). The number of ether oxygens (including phenoxy) is 1. The maximum atomic E-state index is 13.2. The van der Waals surface area contributed by atoms with E-state index in [9.17, 15) is 30.0 Å². The Balaban J connectivity index is 1.32. The Hall–Kier alpha value is -1.95. The van der Waals surface area contributed by atoms with Gasteiger partial charge in [0.2, 0.25) is 10.0 Å². The van der Waals surface area contributed by atoms with Crippen molar-refractivity contribution >= 4 is 19.9 Å². The van der Waals surface area contributed by atoms with Gasteiger partial charge in [-0.1, -0.05) is 12.1 Å². The highest BCUT2D eigenvalue weighted by Gasteiger charge is 2.44. The lowest BCUT2D eigenvalue weighted by molar-refractivity contribution is -0.127. The summed E-state index contributed by atoms with van der Waals surface area (Å²) in [6, 6.07) is 11.1. The van der Waals surface area contributed by atoms with Crippen LogP contribution in [0.5, 0.6) is 0 Å². The Morgan fingerprint density at radius 2 is 1.53 bits per heavy atom. The van der Waals surface area contributed by atoms with Crippen LogP contribution in [-0.2, 0) is 31.0 Å². The number of benzene rings is 2. The van der Waals surface area contributed by atoms with Crippen molar-refractivity contribution in [2.45, 2.75) is 54.9 Å². The van der Waals surface area contributed by atoms with Gasteiger partial charge in [0.1, 0.15) is 5.82 Å². The third kappa shape index (κ3) is 6.30. The Morgan fingerprint density at radius 1 is 0.917 bits per heavy atom. The standard InChI is InChI=1S/C25H30F3NO5S2/c26-21-3-7-22(8-4-21)35(30,31)18-20-9-11-25(17-20)12-14-29(15-13-25)36(32,33)23-5-1-19(2-6-23)10-16-34-24(27)28/h1-8,20,24H,9-18H2. The predicted molar refractivity (Wildman–Crippen MR) is 128 cm³/mol. The summed E-state index contributed by atoms with van der Waals surface area (Å²) in [4.78, 5) is 0.282. The molecule has 11 heteroatoms. The minimum atomic E-state index is -3.69. The van der Waals surface area contributed by atoms with Crippen LogP contribution in [0.25, 0.3) is 0 Å². The van der Waals surface area contributed by atoms with Crippen LogP contribution in [0.15, 0.2) is 58.3 Å². The smallest absolute Gasteiger partial charge is 0.323 e. The maximum absolute atomic E-state index is 13.2. The fourth-order valence-electron chi connectivity index (χ4n) is 5.42. The summed E-state index contributed by atoms with van der Waals surface area (Å²) < 4.78 is 94.9. The molecule has 0 radical (unpaired) electrons. The first-order valence-electron chi connectivity index (χ1n) is 12.0. The van der Waals surface area contributed by atoms with Crippen molar-refractivity contribution < 1.29 is 34.7 Å². The number of sulfone groups is 1. The van der Waals surface area contributed by atoms with Gasteiger partial charge in [0.25, 0.3) is 0 Å². The van der Waals surface area contributed by atoms with E-state index in [1.165, 1.54) is 28.6 Å². The minimum Gasteiger partial charge on any atom is -0.323 e. The van der Waals surface area contributed by atoms with Crippen molar-refractivity contribution in [1.29, 1.82) is 0 Å². The van der Waals surface area contributed by atoms with Gasteiger partial charge in [-0.15, -0.1) is 0 Å². The first kappa shape index (κ1) is 27.1. The molecule has 0 bridgehead atoms. The molecule has 1 heterocycles. The molecule has 2 aliphatic rings. The summed E-state index contributed by atoms with van der Waals surface area (Å²) in [6.07, 6.45) is 3.96. The molecule has 1 atom stereocenters. The molecule has 0 amide bonds. The monoisotopic (exact) mass is 545 g/mol. The second-order valence-electron chi connectivity index (χ2n) is 9.77. The Kier molecular flexibility index (Phi) is 8.13. The normalized spacial score (nSPS) is 20.8. The van der Waals surface area contributed by atoms with Crippen molar-refractivity contribution in [3.8, 4) is 0 Å². The fraction of sp³-hybridized carbons (Fsp3) is 0.520. The van der Waals surface area contributed by atoms with Gasteiger partial charge in [-0.3, -0.25) is 0 Å². The summed E-state index contributed by atoms with van der Waals surface area (Å²) in [6.45, 7) is -2.25. The van der Waals surface area contributed by atoms with Gasteiger partial charge in [0.05, 0.1) is 22.2 Å². The molecule has 0 N–H and O–H groups in total. The van der Waals surface area contributed by atoms with Crippen LogP contribution in [0.4, 0.5) is 13.2 Å². The van der Waals surface area contributed by atoms with Crippen molar-refractivity contribution in [2.24, 2.45) is 11.3 Å². The SMILES string of the molecule is O=S(=O)(CC1CCC2(CCN(S(=O)(=O)c3ccc(CCOC(F)F)cc3)CC2)C1)c1ccc(F)cc1. The summed E-state index contributed by atoms with van der Waals surface area (Å²) in [5.41, 5.74) is 0.642. The summed E-state index contributed by atoms with van der Waals surface area (Å²) in [5, 5.41) is 0. The number of piperidine rings is 1. The molecule has 1 saturated heterocycles. The van der Waals surface area contributed by atoms with Gasteiger partial charge in [-0.05, 0) is 91.8 Å². The van der Waals surface area contributed by atoms with Crippen LogP contribution in [0.3, 0.4) is 0 Å². The molecule has 198 valence electrons. The Bertz CT molecular complexity index is 1240. The van der Waals surface area contributed by atoms with E-state index in [2.05, 4.69) is 4.74 Å². The predicted octanol–water partition coefficient (Wildman–Crippen LogP) is 4.65. The highest BCUT2D eigenvalue weighted by Crippen LogP contribution is 2.50. The van der Waals surface area contributed by atoms with Crippen LogP contribution in [0.2, 0.25) is 0 Å². The second kappa shape index (κ2) is 10.8. The first-order valence-corrected chi connectivity index (χ1v) is 15.1. The number of hydrogen-bond acceptors (Lipinski definition) is 5. The first-order chi connectivity index (χ1) is 17.0. The molecule has 2 fully saturated rings. The van der Waals surface area contributed by atoms with Crippen molar-refractivity contribution in [3.05, 3.63) is 59.9 Å². The summed E-state index contributed by atoms with van der Waals surface area (Å²) in [7, 11) is -7.20. The molecule has 2 aromatic rings. The second-order valence-corrected chi connectivity index (χ2v) is 13.7. The van der Waals surface area contributed by atoms with Crippen LogP contribution < -0.4 is 0 Å². The molecule has 1 spiro atoms. The topological polar surface area (TPSA) is 80.8 Å². The highest BCUT2D eigenvalue weighted by molar-refractivity contribution is 7.91. The number of alkyl halides is 2. The number of hydrogen-bond donors (Lipinski definition) is 0. The van der Waals surface area contributed by atoms with E-state index in [4.69, 9.17) is 0 Å². The van der Waals surface area contributed by atoms with Gasteiger partial charge in [-0.2, -0.15) is 13.1 Å². The van der Waals surface area contributed by atoms with Crippen molar-refractivity contribution in [3.63, 3.8) is 0 Å². The van der Waals surface area contributed by atoms with Crippen LogP contribution in [0.1, 0.15) is 37.7 Å². The van der Waals surface area contributed by atoms with Crippen molar-refractivity contribution in [2.75, 3.05) is 25.4 Å². The zero-order valence-corrected chi connectivity index (χ0v) is 21.4. The number of halogens is 3. The zero-order chi connectivity index (χ0) is 26.0. The average Bonchev–Trinajstić information content (AvgIpc) is 3.20. The molecular formula is C25H30F3NO5S2. The molecule has 6 nitrogen and oxygen atoms in total. The fourth-order valence-corrected chi connectivity index (χ4v) is 8.51. The van der Waals surface area contributed by atoms with Gasteiger partial charge in [0.15, 0.2) is 9.84 Å². The van der Waals surface area contributed by atoms with E-state index >= 15 is 0 Å². The molecule has 0 aromatic heterocycles. The Morgan fingerprint density at radius 3 is 2.14 bits per heavy atom. The molecule has 1 aliphatic carbocycles. The molecule has 36 heavy (non-hydrogen) atoms. The number of nitrogens with zero attached hydrogens (tertiary/aromatic N) is 1. The zero-order valence-electron chi connectivity index (χ0n) is 19.8. The van der Waals surface area contributed by atoms with E-state index in [1.54, 1.807) is 12.1 Å². The van der Waals surface area contributed by atoms with E-state index in [0.29, 0.717) is 31.5 Å². The molecular weight excluding hydrogens is 515 g/mol.